The zero-order valence-corrected chi connectivity index (χ0v) is 17.6. The highest BCUT2D eigenvalue weighted by atomic mass is 32.2. The number of anilines is 2. The van der Waals surface area contributed by atoms with Crippen molar-refractivity contribution in [1.29, 1.82) is 0 Å². The fraction of sp³-hybridized carbons (Fsp3) is 0.167. The van der Waals surface area contributed by atoms with Crippen molar-refractivity contribution in [1.82, 2.24) is 9.78 Å². The van der Waals surface area contributed by atoms with Gasteiger partial charge >= 0.3 is 0 Å². The Morgan fingerprint density at radius 2 is 1.38 bits per heavy atom. The van der Waals surface area contributed by atoms with Crippen LogP contribution in [-0.4, -0.2) is 33.7 Å². The second-order valence-electron chi connectivity index (χ2n) is 6.22. The van der Waals surface area contributed by atoms with Crippen molar-refractivity contribution in [2.75, 3.05) is 16.6 Å². The first-order chi connectivity index (χ1) is 13.6. The molecular weight excluding hydrogens is 416 g/mol. The van der Waals surface area contributed by atoms with Crippen LogP contribution in [0.5, 0.6) is 5.75 Å². The van der Waals surface area contributed by atoms with E-state index in [1.165, 1.54) is 42.3 Å². The van der Waals surface area contributed by atoms with E-state index in [0.717, 1.165) is 0 Å². The average molecular weight is 437 g/mol. The van der Waals surface area contributed by atoms with Gasteiger partial charge in [-0.05, 0) is 55.5 Å². The smallest absolute Gasteiger partial charge is 0.265 e. The molecule has 3 rings (SSSR count). The lowest BCUT2D eigenvalue weighted by Gasteiger charge is -2.10. The maximum atomic E-state index is 12.5. The van der Waals surface area contributed by atoms with Gasteiger partial charge in [0.25, 0.3) is 20.0 Å². The van der Waals surface area contributed by atoms with E-state index < -0.39 is 20.0 Å². The van der Waals surface area contributed by atoms with E-state index in [-0.39, 0.29) is 15.5 Å². The third-order valence-corrected chi connectivity index (χ3v) is 6.90. The molecule has 0 aliphatic rings. The summed E-state index contributed by atoms with van der Waals surface area (Å²) in [6.07, 6.45) is 1.40. The topological polar surface area (TPSA) is 119 Å². The van der Waals surface area contributed by atoms with Gasteiger partial charge in [0.1, 0.15) is 10.6 Å². The summed E-state index contributed by atoms with van der Waals surface area (Å²) in [5.74, 6) is 0.605. The van der Waals surface area contributed by atoms with Crippen LogP contribution in [0.25, 0.3) is 0 Å². The first-order valence-corrected chi connectivity index (χ1v) is 11.4. The predicted octanol–water partition coefficient (Wildman–Crippen LogP) is 2.34. The van der Waals surface area contributed by atoms with Crippen molar-refractivity contribution in [3.8, 4) is 5.75 Å². The number of methoxy groups -OCH3 is 1. The first kappa shape index (κ1) is 20.7. The largest absolute Gasteiger partial charge is 0.497 e. The molecule has 0 bridgehead atoms. The summed E-state index contributed by atoms with van der Waals surface area (Å²) < 4.78 is 61.4. The molecule has 0 saturated carbocycles. The highest BCUT2D eigenvalue weighted by molar-refractivity contribution is 7.93. The fourth-order valence-corrected chi connectivity index (χ4v) is 4.96. The number of sulfonamides is 2. The van der Waals surface area contributed by atoms with E-state index >= 15 is 0 Å². The molecule has 0 spiro atoms. The lowest BCUT2D eigenvalue weighted by Crippen LogP contribution is -2.15. The molecule has 29 heavy (non-hydrogen) atoms. The van der Waals surface area contributed by atoms with Gasteiger partial charge in [0.2, 0.25) is 0 Å². The molecule has 1 aromatic heterocycles. The number of nitrogens with zero attached hydrogens (tertiary/aromatic N) is 2. The van der Waals surface area contributed by atoms with E-state index in [1.54, 1.807) is 38.2 Å². The van der Waals surface area contributed by atoms with Gasteiger partial charge in [0.05, 0.1) is 17.7 Å². The number of nitrogens with one attached hydrogen (secondary N) is 2. The van der Waals surface area contributed by atoms with Crippen molar-refractivity contribution >= 4 is 31.4 Å². The van der Waals surface area contributed by atoms with Gasteiger partial charge in [-0.25, -0.2) is 16.8 Å². The molecule has 0 saturated heterocycles. The predicted molar refractivity (Wildman–Crippen MR) is 109 cm³/mol. The van der Waals surface area contributed by atoms with Gasteiger partial charge in [0.15, 0.2) is 0 Å². The maximum absolute atomic E-state index is 12.5. The minimum absolute atomic E-state index is 0.00572. The van der Waals surface area contributed by atoms with Gasteiger partial charge in [-0.3, -0.25) is 14.1 Å². The number of aryl methyl sites for hydroxylation is 2. The fourth-order valence-electron chi connectivity index (χ4n) is 2.63. The number of ether oxygens (including phenoxy) is 1. The molecule has 2 aromatic carbocycles. The summed E-state index contributed by atoms with van der Waals surface area (Å²) in [5.41, 5.74) is 0.974. The van der Waals surface area contributed by atoms with Crippen LogP contribution in [0.3, 0.4) is 0 Å². The molecule has 0 fully saturated rings. The van der Waals surface area contributed by atoms with Gasteiger partial charge in [0, 0.05) is 24.6 Å². The zero-order chi connectivity index (χ0) is 21.2. The molecule has 0 unspecified atom stereocenters. The van der Waals surface area contributed by atoms with Crippen molar-refractivity contribution in [3.63, 3.8) is 0 Å². The van der Waals surface area contributed by atoms with Crippen LogP contribution in [-0.2, 0) is 27.1 Å². The van der Waals surface area contributed by atoms with Crippen LogP contribution in [0.4, 0.5) is 11.4 Å². The molecule has 1 heterocycles. The number of rotatable bonds is 7. The monoisotopic (exact) mass is 436 g/mol. The van der Waals surface area contributed by atoms with Crippen molar-refractivity contribution in [2.45, 2.75) is 16.7 Å². The summed E-state index contributed by atoms with van der Waals surface area (Å²) >= 11 is 0. The number of benzene rings is 2. The Hall–Kier alpha value is -3.05. The Morgan fingerprint density at radius 3 is 1.86 bits per heavy atom. The third-order valence-electron chi connectivity index (χ3n) is 4.02. The quantitative estimate of drug-likeness (QED) is 0.587. The Kier molecular flexibility index (Phi) is 5.53. The van der Waals surface area contributed by atoms with Crippen LogP contribution >= 0.6 is 0 Å². The van der Waals surface area contributed by atoms with Crippen molar-refractivity contribution < 1.29 is 21.6 Å². The normalized spacial score (nSPS) is 11.8. The molecule has 3 aromatic rings. The Balaban J connectivity index is 1.77. The molecule has 2 N–H and O–H groups in total. The highest BCUT2D eigenvalue weighted by Gasteiger charge is 2.20. The van der Waals surface area contributed by atoms with Gasteiger partial charge in [-0.1, -0.05) is 0 Å². The van der Waals surface area contributed by atoms with Crippen LogP contribution in [0.15, 0.2) is 64.5 Å². The molecule has 9 nitrogen and oxygen atoms in total. The molecular formula is C18H20N4O5S2. The summed E-state index contributed by atoms with van der Waals surface area (Å²) in [6, 6.07) is 11.8. The molecule has 0 radical (unpaired) electrons. The van der Waals surface area contributed by atoms with E-state index in [2.05, 4.69) is 14.5 Å². The summed E-state index contributed by atoms with van der Waals surface area (Å²) in [7, 11) is -4.52. The zero-order valence-electron chi connectivity index (χ0n) is 15.9. The van der Waals surface area contributed by atoms with Crippen molar-refractivity contribution in [2.24, 2.45) is 7.05 Å². The van der Waals surface area contributed by atoms with Crippen molar-refractivity contribution in [3.05, 3.63) is 60.4 Å². The molecule has 11 heteroatoms. The minimum atomic E-state index is -3.84. The second kappa shape index (κ2) is 7.76. The van der Waals surface area contributed by atoms with Crippen LogP contribution in [0.1, 0.15) is 5.69 Å². The summed E-state index contributed by atoms with van der Waals surface area (Å²) in [4.78, 5) is 0.0479. The number of hydrogen-bond donors (Lipinski definition) is 2. The number of hydrogen-bond acceptors (Lipinski definition) is 6. The molecule has 0 atom stereocenters. The third kappa shape index (κ3) is 4.69. The van der Waals surface area contributed by atoms with E-state index in [0.29, 0.717) is 17.1 Å². The minimum Gasteiger partial charge on any atom is -0.497 e. The number of aromatic nitrogens is 2. The van der Waals surface area contributed by atoms with Gasteiger partial charge in [-0.15, -0.1) is 0 Å². The van der Waals surface area contributed by atoms with Crippen LogP contribution in [0.2, 0.25) is 0 Å². The highest BCUT2D eigenvalue weighted by Crippen LogP contribution is 2.22. The lowest BCUT2D eigenvalue weighted by molar-refractivity contribution is 0.415. The van der Waals surface area contributed by atoms with Gasteiger partial charge in [-0.2, -0.15) is 5.10 Å². The average Bonchev–Trinajstić information content (AvgIpc) is 3.01. The van der Waals surface area contributed by atoms with E-state index in [1.807, 2.05) is 0 Å². The summed E-state index contributed by atoms with van der Waals surface area (Å²) in [5, 5.41) is 4.02. The first-order valence-electron chi connectivity index (χ1n) is 8.41. The molecule has 0 amide bonds. The molecule has 154 valence electrons. The van der Waals surface area contributed by atoms with Crippen LogP contribution in [0, 0.1) is 6.92 Å². The summed E-state index contributed by atoms with van der Waals surface area (Å²) in [6.45, 7) is 1.59. The second-order valence-corrected chi connectivity index (χ2v) is 9.55. The standard InChI is InChI=1S/C18H20N4O5S2/c1-13-18(12-22(2)19-13)29(25,26)21-15-6-10-17(11-7-15)28(23,24)20-14-4-8-16(27-3)9-5-14/h4-12,20-21H,1-3H3. The maximum Gasteiger partial charge on any atom is 0.265 e. The SMILES string of the molecule is COc1ccc(NS(=O)(=O)c2ccc(NS(=O)(=O)c3cn(C)nc3C)cc2)cc1. The molecule has 0 aliphatic heterocycles. The lowest BCUT2D eigenvalue weighted by atomic mass is 10.3. The Bertz CT molecular complexity index is 1220. The Morgan fingerprint density at radius 1 is 0.862 bits per heavy atom. The van der Waals surface area contributed by atoms with Gasteiger partial charge < -0.3 is 4.74 Å². The van der Waals surface area contributed by atoms with E-state index in [4.69, 9.17) is 4.74 Å². The van der Waals surface area contributed by atoms with Crippen LogP contribution < -0.4 is 14.2 Å². The molecule has 0 aliphatic carbocycles. The van der Waals surface area contributed by atoms with E-state index in [9.17, 15) is 16.8 Å². The Labute approximate surface area is 169 Å².